The van der Waals surface area contributed by atoms with Crippen molar-refractivity contribution in [1.29, 1.82) is 0 Å². The second-order valence-corrected chi connectivity index (χ2v) is 10.5. The van der Waals surface area contributed by atoms with Gasteiger partial charge in [-0.25, -0.2) is 0 Å². The summed E-state index contributed by atoms with van der Waals surface area (Å²) in [6.07, 6.45) is 2.54. The Morgan fingerprint density at radius 2 is 1.10 bits per heavy atom. The molecular formula is C26H25NO2P+. The van der Waals surface area contributed by atoms with E-state index in [0.29, 0.717) is 11.5 Å². The summed E-state index contributed by atoms with van der Waals surface area (Å²) in [6, 6.07) is 34.2. The number of hydrogen-bond acceptors (Lipinski definition) is 3. The van der Waals surface area contributed by atoms with Gasteiger partial charge in [-0.1, -0.05) is 54.6 Å². The second-order valence-electron chi connectivity index (χ2n) is 6.97. The molecule has 0 saturated heterocycles. The lowest BCUT2D eigenvalue weighted by atomic mass is 10.3. The van der Waals surface area contributed by atoms with Crippen LogP contribution in [0.2, 0.25) is 0 Å². The third-order valence-electron chi connectivity index (χ3n) is 5.34. The number of pyridine rings is 1. The largest absolute Gasteiger partial charge is 0.493 e. The summed E-state index contributed by atoms with van der Waals surface area (Å²) in [5, 5.41) is 3.94. The first-order chi connectivity index (χ1) is 14.8. The fraction of sp³-hybridized carbons (Fsp3) is 0.115. The molecule has 0 saturated carbocycles. The fourth-order valence-corrected chi connectivity index (χ4v) is 8.12. The minimum atomic E-state index is -2.04. The Bertz CT molecular complexity index is 989. The maximum absolute atomic E-state index is 5.75. The molecule has 0 N–H and O–H groups in total. The smallest absolute Gasteiger partial charge is 0.186 e. The topological polar surface area (TPSA) is 31.4 Å². The summed E-state index contributed by atoms with van der Waals surface area (Å²) in [7, 11) is 1.30. The lowest BCUT2D eigenvalue weighted by molar-refractivity contribution is 0.350. The van der Waals surface area contributed by atoms with Crippen molar-refractivity contribution in [3.05, 3.63) is 109 Å². The lowest BCUT2D eigenvalue weighted by Gasteiger charge is -2.28. The van der Waals surface area contributed by atoms with Gasteiger partial charge in [0.25, 0.3) is 0 Å². The molecule has 1 heterocycles. The van der Waals surface area contributed by atoms with Gasteiger partial charge in [0.15, 0.2) is 11.5 Å². The summed E-state index contributed by atoms with van der Waals surface area (Å²) in [4.78, 5) is 4.74. The Hall–Kier alpha value is -3.16. The zero-order valence-electron chi connectivity index (χ0n) is 17.2. The van der Waals surface area contributed by atoms with Gasteiger partial charge in [0.1, 0.15) is 35.0 Å². The molecule has 0 aliphatic rings. The van der Waals surface area contributed by atoms with Gasteiger partial charge in [-0.05, 0) is 36.4 Å². The van der Waals surface area contributed by atoms with Crippen LogP contribution in [0.1, 0.15) is 5.69 Å². The van der Waals surface area contributed by atoms with Crippen molar-refractivity contribution in [1.82, 2.24) is 4.98 Å². The quantitative estimate of drug-likeness (QED) is 0.415. The molecule has 0 spiro atoms. The first-order valence-corrected chi connectivity index (χ1v) is 11.9. The third-order valence-corrected chi connectivity index (χ3v) is 9.66. The minimum Gasteiger partial charge on any atom is -0.493 e. The van der Waals surface area contributed by atoms with Crippen LogP contribution in [-0.4, -0.2) is 19.2 Å². The maximum atomic E-state index is 5.75. The van der Waals surface area contributed by atoms with Crippen molar-refractivity contribution in [3.63, 3.8) is 0 Å². The molecule has 0 unspecified atom stereocenters. The maximum Gasteiger partial charge on any atom is 0.186 e. The summed E-state index contributed by atoms with van der Waals surface area (Å²) in [6.45, 7) is 0. The van der Waals surface area contributed by atoms with Crippen LogP contribution in [0.3, 0.4) is 0 Å². The molecule has 30 heavy (non-hydrogen) atoms. The molecule has 4 rings (SSSR count). The summed E-state index contributed by atoms with van der Waals surface area (Å²) in [5.41, 5.74) is 0.904. The molecule has 3 nitrogen and oxygen atoms in total. The lowest BCUT2D eigenvalue weighted by Crippen LogP contribution is -2.32. The average molecular weight is 414 g/mol. The van der Waals surface area contributed by atoms with Gasteiger partial charge in [-0.15, -0.1) is 0 Å². The Morgan fingerprint density at radius 3 is 1.50 bits per heavy atom. The molecule has 0 amide bonds. The van der Waals surface area contributed by atoms with Crippen LogP contribution >= 0.6 is 7.26 Å². The van der Waals surface area contributed by atoms with E-state index in [4.69, 9.17) is 14.5 Å². The van der Waals surface area contributed by atoms with E-state index in [1.54, 1.807) is 20.4 Å². The summed E-state index contributed by atoms with van der Waals surface area (Å²) >= 11 is 0. The molecule has 0 aliphatic carbocycles. The molecular weight excluding hydrogens is 389 g/mol. The Labute approximate surface area is 178 Å². The molecule has 0 radical (unpaired) electrons. The van der Waals surface area contributed by atoms with Crippen molar-refractivity contribution in [2.75, 3.05) is 14.2 Å². The highest BCUT2D eigenvalue weighted by molar-refractivity contribution is 7.95. The van der Waals surface area contributed by atoms with Gasteiger partial charge in [0.2, 0.25) is 0 Å². The van der Waals surface area contributed by atoms with E-state index in [2.05, 4.69) is 91.0 Å². The molecule has 4 aromatic rings. The average Bonchev–Trinajstić information content (AvgIpc) is 2.84. The second kappa shape index (κ2) is 9.11. The van der Waals surface area contributed by atoms with Gasteiger partial charge >= 0.3 is 0 Å². The Kier molecular flexibility index (Phi) is 6.11. The van der Waals surface area contributed by atoms with Crippen molar-refractivity contribution in [3.8, 4) is 11.5 Å². The normalized spacial score (nSPS) is 11.1. The van der Waals surface area contributed by atoms with Gasteiger partial charge in [-0.2, -0.15) is 0 Å². The summed E-state index contributed by atoms with van der Waals surface area (Å²) in [5.74, 6) is 1.40. The number of aromatic nitrogens is 1. The Morgan fingerprint density at radius 1 is 0.633 bits per heavy atom. The third kappa shape index (κ3) is 3.69. The number of rotatable bonds is 7. The zero-order valence-corrected chi connectivity index (χ0v) is 18.1. The van der Waals surface area contributed by atoms with Crippen LogP contribution in [0.4, 0.5) is 0 Å². The van der Waals surface area contributed by atoms with Crippen LogP contribution in [0, 0.1) is 0 Å². The van der Waals surface area contributed by atoms with Crippen molar-refractivity contribution in [2.45, 2.75) is 6.16 Å². The standard InChI is InChI=1S/C26H25NO2P/c1-28-25-18-19-27-24(26(25)29-2)20-30(21-12-6-3-7-13-21,22-14-8-4-9-15-22)23-16-10-5-11-17-23/h3-19H,20H2,1-2H3/q+1. The molecule has 4 heteroatoms. The molecule has 150 valence electrons. The van der Waals surface area contributed by atoms with E-state index >= 15 is 0 Å². The molecule has 0 fully saturated rings. The fourth-order valence-electron chi connectivity index (χ4n) is 3.96. The number of benzene rings is 3. The highest BCUT2D eigenvalue weighted by Crippen LogP contribution is 2.59. The number of nitrogens with zero attached hydrogens (tertiary/aromatic N) is 1. The highest BCUT2D eigenvalue weighted by atomic mass is 31.2. The van der Waals surface area contributed by atoms with Gasteiger partial charge in [0.05, 0.1) is 14.2 Å². The molecule has 0 aliphatic heterocycles. The van der Waals surface area contributed by atoms with Gasteiger partial charge < -0.3 is 9.47 Å². The van der Waals surface area contributed by atoms with E-state index in [1.807, 2.05) is 6.07 Å². The predicted molar refractivity (Wildman–Crippen MR) is 126 cm³/mol. The number of ether oxygens (including phenoxy) is 2. The van der Waals surface area contributed by atoms with E-state index in [0.717, 1.165) is 11.9 Å². The number of hydrogen-bond donors (Lipinski definition) is 0. The molecule has 0 bridgehead atoms. The predicted octanol–water partition coefficient (Wildman–Crippen LogP) is 4.59. The van der Waals surface area contributed by atoms with Crippen LogP contribution in [-0.2, 0) is 6.16 Å². The van der Waals surface area contributed by atoms with Crippen LogP contribution in [0.5, 0.6) is 11.5 Å². The van der Waals surface area contributed by atoms with Gasteiger partial charge in [-0.3, -0.25) is 4.98 Å². The number of methoxy groups -OCH3 is 2. The van der Waals surface area contributed by atoms with Crippen LogP contribution in [0.15, 0.2) is 103 Å². The van der Waals surface area contributed by atoms with Crippen molar-refractivity contribution < 1.29 is 9.47 Å². The zero-order chi connectivity index (χ0) is 20.8. The Balaban J connectivity index is 2.02. The first kappa shape index (κ1) is 20.1. The minimum absolute atomic E-state index is 0.701. The molecule has 1 aromatic heterocycles. The van der Waals surface area contributed by atoms with E-state index in [1.165, 1.54) is 15.9 Å². The van der Waals surface area contributed by atoms with Crippen LogP contribution in [0.25, 0.3) is 0 Å². The van der Waals surface area contributed by atoms with Crippen molar-refractivity contribution in [2.24, 2.45) is 0 Å². The van der Waals surface area contributed by atoms with Gasteiger partial charge in [0, 0.05) is 12.3 Å². The highest BCUT2D eigenvalue weighted by Gasteiger charge is 2.46. The van der Waals surface area contributed by atoms with E-state index in [-0.39, 0.29) is 0 Å². The van der Waals surface area contributed by atoms with Crippen molar-refractivity contribution >= 4 is 23.2 Å². The van der Waals surface area contributed by atoms with Crippen LogP contribution < -0.4 is 25.4 Å². The SMILES string of the molecule is COc1ccnc(C[P+](c2ccccc2)(c2ccccc2)c2ccccc2)c1OC. The molecule has 0 atom stereocenters. The summed E-state index contributed by atoms with van der Waals surface area (Å²) < 4.78 is 11.3. The monoisotopic (exact) mass is 414 g/mol. The van der Waals surface area contributed by atoms with E-state index < -0.39 is 7.26 Å². The first-order valence-electron chi connectivity index (χ1n) is 9.90. The molecule has 3 aromatic carbocycles. The van der Waals surface area contributed by atoms with E-state index in [9.17, 15) is 0 Å².